The molecule has 120 valence electrons. The van der Waals surface area contributed by atoms with Gasteiger partial charge >= 0.3 is 5.97 Å². The fourth-order valence-electron chi connectivity index (χ4n) is 1.44. The number of hydrogen-bond acceptors (Lipinski definition) is 7. The van der Waals surface area contributed by atoms with Crippen LogP contribution in [0.5, 0.6) is 0 Å². The molecule has 10 heteroatoms. The van der Waals surface area contributed by atoms with E-state index in [1.807, 2.05) is 0 Å². The van der Waals surface area contributed by atoms with E-state index in [1.54, 1.807) is 0 Å². The number of ketones is 1. The lowest BCUT2D eigenvalue weighted by atomic mass is 10.2. The van der Waals surface area contributed by atoms with Crippen molar-refractivity contribution in [1.29, 1.82) is 0 Å². The molecule has 0 heterocycles. The molecule has 0 bridgehead atoms. The molecular weight excluding hydrogens is 316 g/mol. The summed E-state index contributed by atoms with van der Waals surface area (Å²) in [5.74, 6) is -1.04. The van der Waals surface area contributed by atoms with Gasteiger partial charge in [0, 0.05) is 18.6 Å². The lowest BCUT2D eigenvalue weighted by Crippen LogP contribution is -2.29. The number of methoxy groups -OCH3 is 1. The van der Waals surface area contributed by atoms with E-state index in [9.17, 15) is 28.1 Å². The Morgan fingerprint density at radius 1 is 1.23 bits per heavy atom. The molecule has 1 aromatic rings. The molecule has 0 aromatic heterocycles. The maximum absolute atomic E-state index is 11.9. The van der Waals surface area contributed by atoms with Crippen molar-refractivity contribution in [3.8, 4) is 0 Å². The molecule has 1 rings (SSSR count). The molecule has 0 spiro atoms. The Labute approximate surface area is 126 Å². The van der Waals surface area contributed by atoms with E-state index in [4.69, 9.17) is 0 Å². The fourth-order valence-corrected chi connectivity index (χ4v) is 2.45. The van der Waals surface area contributed by atoms with Gasteiger partial charge in [-0.25, -0.2) is 13.1 Å². The Kier molecular flexibility index (Phi) is 6.13. The summed E-state index contributed by atoms with van der Waals surface area (Å²) >= 11 is 0. The van der Waals surface area contributed by atoms with E-state index in [-0.39, 0.29) is 23.4 Å². The highest BCUT2D eigenvalue weighted by Gasteiger charge is 2.17. The second-order valence-electron chi connectivity index (χ2n) is 4.19. The van der Waals surface area contributed by atoms with Crippen molar-refractivity contribution in [2.24, 2.45) is 0 Å². The second-order valence-corrected chi connectivity index (χ2v) is 5.96. The van der Waals surface area contributed by atoms with Crippen molar-refractivity contribution >= 4 is 27.5 Å². The van der Waals surface area contributed by atoms with E-state index in [0.29, 0.717) is 0 Å². The van der Waals surface area contributed by atoms with Crippen molar-refractivity contribution in [3.63, 3.8) is 0 Å². The summed E-state index contributed by atoms with van der Waals surface area (Å²) in [4.78, 5) is 32.0. The maximum atomic E-state index is 11.9. The first-order chi connectivity index (χ1) is 10.3. The molecule has 0 saturated carbocycles. The van der Waals surface area contributed by atoms with E-state index < -0.39 is 33.2 Å². The highest BCUT2D eigenvalue weighted by molar-refractivity contribution is 7.89. The van der Waals surface area contributed by atoms with Gasteiger partial charge < -0.3 is 4.74 Å². The van der Waals surface area contributed by atoms with E-state index in [0.717, 1.165) is 24.3 Å². The van der Waals surface area contributed by atoms with Crippen LogP contribution < -0.4 is 4.72 Å². The van der Waals surface area contributed by atoms with Crippen LogP contribution >= 0.6 is 0 Å². The predicted molar refractivity (Wildman–Crippen MR) is 74.5 cm³/mol. The fraction of sp³-hybridized carbons (Fsp3) is 0.333. The summed E-state index contributed by atoms with van der Waals surface area (Å²) in [7, 11) is -2.77. The van der Waals surface area contributed by atoms with Crippen LogP contribution in [-0.4, -0.2) is 38.7 Å². The first-order valence-corrected chi connectivity index (χ1v) is 7.57. The molecule has 0 atom stereocenters. The molecular formula is C12H14N2O7S. The number of benzene rings is 1. The van der Waals surface area contributed by atoms with Crippen LogP contribution in [0.2, 0.25) is 0 Å². The van der Waals surface area contributed by atoms with E-state index in [2.05, 4.69) is 9.46 Å². The SMILES string of the molecule is COC(=O)CCC(=O)CNS(=O)(=O)c1ccc([N+](=O)[O-])cc1. The summed E-state index contributed by atoms with van der Waals surface area (Å²) in [5, 5.41) is 10.5. The average molecular weight is 330 g/mol. The van der Waals surface area contributed by atoms with Crippen molar-refractivity contribution in [1.82, 2.24) is 4.72 Å². The molecule has 0 saturated heterocycles. The third-order valence-corrected chi connectivity index (χ3v) is 4.07. The van der Waals surface area contributed by atoms with Crippen LogP contribution in [0.15, 0.2) is 29.2 Å². The third kappa shape index (κ3) is 5.22. The van der Waals surface area contributed by atoms with Crippen LogP contribution in [0, 0.1) is 10.1 Å². The van der Waals surface area contributed by atoms with E-state index >= 15 is 0 Å². The summed E-state index contributed by atoms with van der Waals surface area (Å²) in [5.41, 5.74) is -0.242. The monoisotopic (exact) mass is 330 g/mol. The molecule has 1 aromatic carbocycles. The number of nitrogens with zero attached hydrogens (tertiary/aromatic N) is 1. The Hall–Kier alpha value is -2.33. The molecule has 0 aliphatic carbocycles. The molecule has 0 aliphatic heterocycles. The molecule has 0 aliphatic rings. The van der Waals surface area contributed by atoms with Crippen LogP contribution in [-0.2, 0) is 24.3 Å². The minimum Gasteiger partial charge on any atom is -0.469 e. The van der Waals surface area contributed by atoms with Crippen LogP contribution in [0.1, 0.15) is 12.8 Å². The topological polar surface area (TPSA) is 133 Å². The number of nitrogens with one attached hydrogen (secondary N) is 1. The number of nitro groups is 1. The number of Topliss-reactive ketones (excluding diaryl/α,β-unsaturated/α-hetero) is 1. The highest BCUT2D eigenvalue weighted by atomic mass is 32.2. The highest BCUT2D eigenvalue weighted by Crippen LogP contribution is 2.15. The Morgan fingerprint density at radius 3 is 2.32 bits per heavy atom. The van der Waals surface area contributed by atoms with Crippen molar-refractivity contribution in [3.05, 3.63) is 34.4 Å². The maximum Gasteiger partial charge on any atom is 0.305 e. The number of carbonyl (C=O) groups excluding carboxylic acids is 2. The van der Waals surface area contributed by atoms with Gasteiger partial charge in [0.05, 0.1) is 29.9 Å². The number of sulfonamides is 1. The predicted octanol–water partition coefficient (Wildman–Crippen LogP) is 0.395. The van der Waals surface area contributed by atoms with Crippen molar-refractivity contribution in [2.75, 3.05) is 13.7 Å². The first-order valence-electron chi connectivity index (χ1n) is 6.09. The average Bonchev–Trinajstić information content (AvgIpc) is 2.50. The van der Waals surface area contributed by atoms with Crippen LogP contribution in [0.25, 0.3) is 0 Å². The number of nitro benzene ring substituents is 1. The number of esters is 1. The quantitative estimate of drug-likeness (QED) is 0.414. The zero-order valence-electron chi connectivity index (χ0n) is 11.6. The van der Waals surface area contributed by atoms with Gasteiger partial charge in [0.1, 0.15) is 5.78 Å². The smallest absolute Gasteiger partial charge is 0.305 e. The van der Waals surface area contributed by atoms with Crippen LogP contribution in [0.4, 0.5) is 5.69 Å². The molecule has 1 N–H and O–H groups in total. The Balaban J connectivity index is 2.62. The van der Waals surface area contributed by atoms with Gasteiger partial charge in [-0.15, -0.1) is 0 Å². The molecule has 9 nitrogen and oxygen atoms in total. The van der Waals surface area contributed by atoms with Gasteiger partial charge in [0.25, 0.3) is 5.69 Å². The van der Waals surface area contributed by atoms with Gasteiger partial charge in [0.2, 0.25) is 10.0 Å². The minimum atomic E-state index is -3.95. The molecule has 0 unspecified atom stereocenters. The third-order valence-electron chi connectivity index (χ3n) is 2.65. The number of non-ortho nitro benzene ring substituents is 1. The lowest BCUT2D eigenvalue weighted by molar-refractivity contribution is -0.384. The minimum absolute atomic E-state index is 0.130. The summed E-state index contributed by atoms with van der Waals surface area (Å²) in [6, 6.07) is 4.24. The Bertz CT molecular complexity index is 667. The molecule has 0 amide bonds. The lowest BCUT2D eigenvalue weighted by Gasteiger charge is -2.06. The molecule has 22 heavy (non-hydrogen) atoms. The number of ether oxygens (including phenoxy) is 1. The van der Waals surface area contributed by atoms with Gasteiger partial charge in [0.15, 0.2) is 0 Å². The zero-order chi connectivity index (χ0) is 16.8. The number of carbonyl (C=O) groups is 2. The van der Waals surface area contributed by atoms with Gasteiger partial charge in [-0.3, -0.25) is 19.7 Å². The van der Waals surface area contributed by atoms with Crippen molar-refractivity contribution in [2.45, 2.75) is 17.7 Å². The Morgan fingerprint density at radius 2 is 1.82 bits per heavy atom. The second kappa shape index (κ2) is 7.61. The number of rotatable bonds is 8. The van der Waals surface area contributed by atoms with E-state index in [1.165, 1.54) is 7.11 Å². The molecule has 0 radical (unpaired) electrons. The normalized spacial score (nSPS) is 11.0. The molecule has 0 fully saturated rings. The van der Waals surface area contributed by atoms with Crippen LogP contribution in [0.3, 0.4) is 0 Å². The van der Waals surface area contributed by atoms with Gasteiger partial charge in [-0.1, -0.05) is 0 Å². The van der Waals surface area contributed by atoms with Gasteiger partial charge in [-0.2, -0.15) is 0 Å². The van der Waals surface area contributed by atoms with Gasteiger partial charge in [-0.05, 0) is 12.1 Å². The first kappa shape index (κ1) is 17.7. The zero-order valence-corrected chi connectivity index (χ0v) is 12.5. The summed E-state index contributed by atoms with van der Waals surface area (Å²) in [6.45, 7) is -0.476. The standard InChI is InChI=1S/C12H14N2O7S/c1-21-12(16)7-4-10(15)8-13-22(19,20)11-5-2-9(3-6-11)14(17)18/h2-3,5-6,13H,4,7-8H2,1H3. The number of hydrogen-bond donors (Lipinski definition) is 1. The summed E-state index contributed by atoms with van der Waals surface area (Å²) < 4.78 is 30.2. The largest absolute Gasteiger partial charge is 0.469 e. The van der Waals surface area contributed by atoms with Crippen molar-refractivity contribution < 1.29 is 27.7 Å². The summed E-state index contributed by atoms with van der Waals surface area (Å²) in [6.07, 6.45) is -0.274.